The van der Waals surface area contributed by atoms with Gasteiger partial charge >= 0.3 is 0 Å². The molecule has 0 aromatic heterocycles. The lowest BCUT2D eigenvalue weighted by molar-refractivity contribution is -0.139. The van der Waals surface area contributed by atoms with E-state index in [1.807, 2.05) is 32.9 Å². The Labute approximate surface area is 201 Å². The molecule has 1 aliphatic heterocycles. The molecule has 1 atom stereocenters. The largest absolute Gasteiger partial charge is 0.507 e. The molecular formula is C27H32ClNO4. The smallest absolute Gasteiger partial charge is 0.295 e. The third-order valence-corrected chi connectivity index (χ3v) is 6.19. The zero-order valence-electron chi connectivity index (χ0n) is 19.7. The summed E-state index contributed by atoms with van der Waals surface area (Å²) >= 11 is 6.08. The van der Waals surface area contributed by atoms with E-state index in [0.29, 0.717) is 23.7 Å². The molecule has 0 bridgehead atoms. The standard InChI is InChI=1S/C27H32ClNO4/c1-5-7-8-15-29-24(18-9-12-20(28)13-10-18)23(26(31)27(29)32)25(30)19-11-14-22(33-6-2)21(16-19)17(3)4/h9-14,16-17,24,30H,5-8,15H2,1-4H3/b25-23-. The summed E-state index contributed by atoms with van der Waals surface area (Å²) in [5, 5.41) is 11.9. The Balaban J connectivity index is 2.14. The summed E-state index contributed by atoms with van der Waals surface area (Å²) in [7, 11) is 0. The number of likely N-dealkylation sites (tertiary alicyclic amines) is 1. The summed E-state index contributed by atoms with van der Waals surface area (Å²) in [5.41, 5.74) is 2.28. The lowest BCUT2D eigenvalue weighted by Crippen LogP contribution is -2.30. The zero-order valence-corrected chi connectivity index (χ0v) is 20.5. The van der Waals surface area contributed by atoms with Crippen molar-refractivity contribution in [3.05, 3.63) is 69.8 Å². The zero-order chi connectivity index (χ0) is 24.1. The highest BCUT2D eigenvalue weighted by Gasteiger charge is 2.45. The van der Waals surface area contributed by atoms with Crippen molar-refractivity contribution < 1.29 is 19.4 Å². The van der Waals surface area contributed by atoms with Crippen LogP contribution >= 0.6 is 11.6 Å². The van der Waals surface area contributed by atoms with Gasteiger partial charge in [-0.15, -0.1) is 0 Å². The maximum atomic E-state index is 13.1. The number of carbonyl (C=O) groups is 2. The number of amides is 1. The number of aliphatic hydroxyl groups excluding tert-OH is 1. The van der Waals surface area contributed by atoms with Gasteiger partial charge in [-0.05, 0) is 60.7 Å². The van der Waals surface area contributed by atoms with Crippen LogP contribution in [0, 0.1) is 0 Å². The number of halogens is 1. The summed E-state index contributed by atoms with van der Waals surface area (Å²) in [4.78, 5) is 27.7. The predicted octanol–water partition coefficient (Wildman–Crippen LogP) is 6.47. The molecule has 33 heavy (non-hydrogen) atoms. The van der Waals surface area contributed by atoms with Gasteiger partial charge in [-0.1, -0.05) is 57.3 Å². The molecule has 6 heteroatoms. The SMILES string of the molecule is CCCCCN1C(=O)C(=O)/C(=C(\O)c2ccc(OCC)c(C(C)C)c2)C1c1ccc(Cl)cc1. The number of hydrogen-bond donors (Lipinski definition) is 1. The number of ketones is 1. The third-order valence-electron chi connectivity index (χ3n) is 5.93. The van der Waals surface area contributed by atoms with Crippen LogP contribution in [-0.4, -0.2) is 34.8 Å². The average molecular weight is 470 g/mol. The van der Waals surface area contributed by atoms with E-state index in [1.165, 1.54) is 0 Å². The Morgan fingerprint density at radius 2 is 1.79 bits per heavy atom. The fourth-order valence-corrected chi connectivity index (χ4v) is 4.35. The van der Waals surface area contributed by atoms with Crippen LogP contribution in [0.15, 0.2) is 48.0 Å². The van der Waals surface area contributed by atoms with Crippen LogP contribution in [0.1, 0.15) is 75.6 Å². The van der Waals surface area contributed by atoms with Crippen LogP contribution in [-0.2, 0) is 9.59 Å². The topological polar surface area (TPSA) is 66.8 Å². The van der Waals surface area contributed by atoms with Gasteiger partial charge in [0.25, 0.3) is 11.7 Å². The van der Waals surface area contributed by atoms with E-state index in [1.54, 1.807) is 35.2 Å². The van der Waals surface area contributed by atoms with E-state index >= 15 is 0 Å². The highest BCUT2D eigenvalue weighted by atomic mass is 35.5. The van der Waals surface area contributed by atoms with E-state index < -0.39 is 17.7 Å². The molecule has 5 nitrogen and oxygen atoms in total. The van der Waals surface area contributed by atoms with Gasteiger partial charge in [-0.3, -0.25) is 9.59 Å². The van der Waals surface area contributed by atoms with E-state index in [-0.39, 0.29) is 17.3 Å². The maximum Gasteiger partial charge on any atom is 0.295 e. The normalized spacial score (nSPS) is 17.8. The number of rotatable bonds is 9. The molecule has 176 valence electrons. The summed E-state index contributed by atoms with van der Waals surface area (Å²) in [6, 6.07) is 11.8. The van der Waals surface area contributed by atoms with Crippen LogP contribution in [0.4, 0.5) is 0 Å². The molecule has 2 aromatic carbocycles. The molecule has 1 unspecified atom stereocenters. The first kappa shape index (κ1) is 24.8. The van der Waals surface area contributed by atoms with E-state index in [9.17, 15) is 14.7 Å². The summed E-state index contributed by atoms with van der Waals surface area (Å²) in [6.45, 7) is 9.07. The van der Waals surface area contributed by atoms with E-state index in [4.69, 9.17) is 16.3 Å². The quantitative estimate of drug-likeness (QED) is 0.198. The third kappa shape index (κ3) is 5.25. The fourth-order valence-electron chi connectivity index (χ4n) is 4.22. The van der Waals surface area contributed by atoms with Crippen molar-refractivity contribution in [3.63, 3.8) is 0 Å². The van der Waals surface area contributed by atoms with Gasteiger partial charge in [0.1, 0.15) is 11.5 Å². The second-order valence-electron chi connectivity index (χ2n) is 8.59. The molecular weight excluding hydrogens is 438 g/mol. The first-order valence-electron chi connectivity index (χ1n) is 11.6. The monoisotopic (exact) mass is 469 g/mol. The fraction of sp³-hybridized carbons (Fsp3) is 0.407. The number of Topliss-reactive ketones (excluding diaryl/α,β-unsaturated/α-hetero) is 1. The molecule has 0 aliphatic carbocycles. The second-order valence-corrected chi connectivity index (χ2v) is 9.03. The van der Waals surface area contributed by atoms with E-state index in [2.05, 4.69) is 6.92 Å². The van der Waals surface area contributed by atoms with Gasteiger partial charge < -0.3 is 14.7 Å². The van der Waals surface area contributed by atoms with Crippen molar-refractivity contribution in [3.8, 4) is 5.75 Å². The Hall–Kier alpha value is -2.79. The molecule has 1 heterocycles. The van der Waals surface area contributed by atoms with E-state index in [0.717, 1.165) is 36.1 Å². The number of hydrogen-bond acceptors (Lipinski definition) is 4. The van der Waals surface area contributed by atoms with Crippen LogP contribution in [0.2, 0.25) is 5.02 Å². The first-order valence-corrected chi connectivity index (χ1v) is 12.0. The number of benzene rings is 2. The number of carbonyl (C=O) groups excluding carboxylic acids is 2. The van der Waals surface area contributed by atoms with Crippen LogP contribution < -0.4 is 4.74 Å². The lowest BCUT2D eigenvalue weighted by Gasteiger charge is -2.25. The molecule has 0 saturated carbocycles. The number of unbranched alkanes of at least 4 members (excludes halogenated alkanes) is 2. The molecule has 2 aromatic rings. The summed E-state index contributed by atoms with van der Waals surface area (Å²) in [5.74, 6) is -0.510. The van der Waals surface area contributed by atoms with Crippen molar-refractivity contribution in [2.24, 2.45) is 0 Å². The number of ether oxygens (including phenoxy) is 1. The molecule has 1 saturated heterocycles. The molecule has 1 amide bonds. The molecule has 0 spiro atoms. The second kappa shape index (κ2) is 10.9. The minimum Gasteiger partial charge on any atom is -0.507 e. The Bertz CT molecular complexity index is 1040. The van der Waals surface area contributed by atoms with Gasteiger partial charge in [-0.25, -0.2) is 0 Å². The maximum absolute atomic E-state index is 13.1. The average Bonchev–Trinajstić information content (AvgIpc) is 3.04. The lowest BCUT2D eigenvalue weighted by atomic mass is 9.93. The van der Waals surface area contributed by atoms with Crippen molar-refractivity contribution >= 4 is 29.1 Å². The Kier molecular flexibility index (Phi) is 8.20. The van der Waals surface area contributed by atoms with Gasteiger partial charge in [0.15, 0.2) is 0 Å². The Morgan fingerprint density at radius 3 is 2.39 bits per heavy atom. The minimum atomic E-state index is -0.663. The number of nitrogens with zero attached hydrogens (tertiary/aromatic N) is 1. The van der Waals surface area contributed by atoms with Gasteiger partial charge in [0, 0.05) is 17.1 Å². The molecule has 1 aliphatic rings. The summed E-state index contributed by atoms with van der Waals surface area (Å²) < 4.78 is 5.73. The molecule has 1 N–H and O–H groups in total. The van der Waals surface area contributed by atoms with Crippen molar-refractivity contribution in [1.82, 2.24) is 4.90 Å². The highest BCUT2D eigenvalue weighted by molar-refractivity contribution is 6.46. The highest BCUT2D eigenvalue weighted by Crippen LogP contribution is 2.40. The first-order chi connectivity index (χ1) is 15.8. The molecule has 1 fully saturated rings. The molecule has 0 radical (unpaired) electrons. The molecule has 3 rings (SSSR count). The van der Waals surface area contributed by atoms with Crippen LogP contribution in [0.5, 0.6) is 5.75 Å². The van der Waals surface area contributed by atoms with Crippen molar-refractivity contribution in [2.75, 3.05) is 13.2 Å². The van der Waals surface area contributed by atoms with Gasteiger partial charge in [-0.2, -0.15) is 0 Å². The van der Waals surface area contributed by atoms with Gasteiger partial charge in [0.05, 0.1) is 18.2 Å². The minimum absolute atomic E-state index is 0.109. The summed E-state index contributed by atoms with van der Waals surface area (Å²) in [6.07, 6.45) is 2.74. The van der Waals surface area contributed by atoms with Crippen LogP contribution in [0.3, 0.4) is 0 Å². The van der Waals surface area contributed by atoms with Gasteiger partial charge in [0.2, 0.25) is 0 Å². The number of aliphatic hydroxyl groups is 1. The van der Waals surface area contributed by atoms with Crippen molar-refractivity contribution in [2.45, 2.75) is 58.9 Å². The predicted molar refractivity (Wildman–Crippen MR) is 132 cm³/mol. The Morgan fingerprint density at radius 1 is 1.09 bits per heavy atom. The van der Waals surface area contributed by atoms with Crippen molar-refractivity contribution in [1.29, 1.82) is 0 Å². The van der Waals surface area contributed by atoms with Crippen LogP contribution in [0.25, 0.3) is 5.76 Å².